The fraction of sp³-hybridized carbons (Fsp3) is 0.238. The van der Waals surface area contributed by atoms with E-state index in [1.54, 1.807) is 7.11 Å². The Morgan fingerprint density at radius 3 is 2.74 bits per heavy atom. The average Bonchev–Trinajstić information content (AvgIpc) is 2.88. The lowest BCUT2D eigenvalue weighted by Gasteiger charge is -2.09. The van der Waals surface area contributed by atoms with Crippen molar-refractivity contribution in [1.29, 1.82) is 5.26 Å². The summed E-state index contributed by atoms with van der Waals surface area (Å²) in [4.78, 5) is 0. The Morgan fingerprint density at radius 2 is 2.00 bits per heavy atom. The van der Waals surface area contributed by atoms with Crippen molar-refractivity contribution in [3.05, 3.63) is 58.1 Å². The van der Waals surface area contributed by atoms with Gasteiger partial charge in [-0.2, -0.15) is 10.4 Å². The summed E-state index contributed by atoms with van der Waals surface area (Å²) < 4.78 is 8.53. The van der Waals surface area contributed by atoms with Crippen LogP contribution in [0.2, 0.25) is 0 Å². The topological polar surface area (TPSA) is 62.9 Å². The average molecular weight is 423 g/mol. The predicted octanol–water partition coefficient (Wildman–Crippen LogP) is 4.93. The fourth-order valence-corrected chi connectivity index (χ4v) is 3.81. The number of anilines is 1. The molecule has 2 heterocycles. The van der Waals surface area contributed by atoms with E-state index in [1.807, 2.05) is 41.1 Å². The highest BCUT2D eigenvalue weighted by atomic mass is 79.9. The zero-order valence-electron chi connectivity index (χ0n) is 15.0. The van der Waals surface area contributed by atoms with Gasteiger partial charge in [-0.25, -0.2) is 4.68 Å². The predicted molar refractivity (Wildman–Crippen MR) is 109 cm³/mol. The van der Waals surface area contributed by atoms with Crippen LogP contribution in [0.4, 0.5) is 5.82 Å². The molecular formula is C21H19BrN4O. The van der Waals surface area contributed by atoms with Gasteiger partial charge in [0.15, 0.2) is 0 Å². The molecule has 1 N–H and O–H groups in total. The lowest BCUT2D eigenvalue weighted by atomic mass is 10.0. The summed E-state index contributed by atoms with van der Waals surface area (Å²) >= 11 is 3.57. The van der Waals surface area contributed by atoms with Gasteiger partial charge in [0.25, 0.3) is 0 Å². The Balaban J connectivity index is 1.92. The van der Waals surface area contributed by atoms with E-state index in [-0.39, 0.29) is 0 Å². The fourth-order valence-electron chi connectivity index (χ4n) is 3.45. The van der Waals surface area contributed by atoms with Gasteiger partial charge in [-0.15, -0.1) is 0 Å². The van der Waals surface area contributed by atoms with Gasteiger partial charge in [0.05, 0.1) is 24.4 Å². The maximum Gasteiger partial charge on any atom is 0.133 e. The second-order valence-electron chi connectivity index (χ2n) is 6.47. The first-order valence-electron chi connectivity index (χ1n) is 8.91. The molecule has 2 aromatic carbocycles. The van der Waals surface area contributed by atoms with Crippen LogP contribution in [0.25, 0.3) is 16.9 Å². The largest absolute Gasteiger partial charge is 0.496 e. The smallest absolute Gasteiger partial charge is 0.133 e. The molecule has 0 saturated carbocycles. The first-order chi connectivity index (χ1) is 13.2. The standard InChI is InChI=1S/C21H19BrN4O/c1-27-19-10-7-15(22)12-18(19)20-17-4-2-3-11-24-21(17)26(25-20)16-8-5-14(13-23)6-9-16/h5-10,12,24H,2-4,11H2,1H3. The third kappa shape index (κ3) is 3.31. The Kier molecular flexibility index (Phi) is 4.87. The summed E-state index contributed by atoms with van der Waals surface area (Å²) in [6.45, 7) is 0.921. The number of nitriles is 1. The number of nitrogens with zero attached hydrogens (tertiary/aromatic N) is 3. The summed E-state index contributed by atoms with van der Waals surface area (Å²) in [7, 11) is 1.68. The molecule has 3 aromatic rings. The molecule has 0 saturated heterocycles. The van der Waals surface area contributed by atoms with Crippen LogP contribution in [0, 0.1) is 11.3 Å². The number of hydrogen-bond donors (Lipinski definition) is 1. The van der Waals surface area contributed by atoms with Crippen molar-refractivity contribution in [2.24, 2.45) is 0 Å². The molecule has 1 aromatic heterocycles. The maximum absolute atomic E-state index is 9.06. The molecule has 136 valence electrons. The molecule has 0 amide bonds. The first kappa shape index (κ1) is 17.6. The van der Waals surface area contributed by atoms with Crippen LogP contribution < -0.4 is 10.1 Å². The van der Waals surface area contributed by atoms with Gasteiger partial charge < -0.3 is 10.1 Å². The van der Waals surface area contributed by atoms with Crippen molar-refractivity contribution in [1.82, 2.24) is 9.78 Å². The van der Waals surface area contributed by atoms with Crippen molar-refractivity contribution >= 4 is 21.7 Å². The molecule has 0 fully saturated rings. The maximum atomic E-state index is 9.06. The highest BCUT2D eigenvalue weighted by molar-refractivity contribution is 9.10. The minimum Gasteiger partial charge on any atom is -0.496 e. The minimum absolute atomic E-state index is 0.638. The summed E-state index contributed by atoms with van der Waals surface area (Å²) in [6, 6.07) is 15.6. The normalized spacial score (nSPS) is 13.2. The van der Waals surface area contributed by atoms with Crippen molar-refractivity contribution in [2.45, 2.75) is 19.3 Å². The van der Waals surface area contributed by atoms with E-state index in [0.29, 0.717) is 5.56 Å². The van der Waals surface area contributed by atoms with Crippen molar-refractivity contribution in [3.63, 3.8) is 0 Å². The molecule has 0 spiro atoms. The molecule has 0 aliphatic carbocycles. The molecular weight excluding hydrogens is 404 g/mol. The number of methoxy groups -OCH3 is 1. The molecule has 1 aliphatic heterocycles. The van der Waals surface area contributed by atoms with E-state index < -0.39 is 0 Å². The monoisotopic (exact) mass is 422 g/mol. The number of ether oxygens (including phenoxy) is 1. The molecule has 0 radical (unpaired) electrons. The van der Waals surface area contributed by atoms with E-state index in [1.165, 1.54) is 5.56 Å². The number of halogens is 1. The van der Waals surface area contributed by atoms with Gasteiger partial charge in [0, 0.05) is 22.1 Å². The second-order valence-corrected chi connectivity index (χ2v) is 7.39. The van der Waals surface area contributed by atoms with Gasteiger partial charge in [0.2, 0.25) is 0 Å². The van der Waals surface area contributed by atoms with E-state index >= 15 is 0 Å². The lowest BCUT2D eigenvalue weighted by molar-refractivity contribution is 0.416. The molecule has 0 bridgehead atoms. The molecule has 0 atom stereocenters. The van der Waals surface area contributed by atoms with E-state index in [2.05, 4.69) is 33.4 Å². The van der Waals surface area contributed by atoms with E-state index in [9.17, 15) is 0 Å². The summed E-state index contributed by atoms with van der Waals surface area (Å²) in [5.74, 6) is 1.82. The van der Waals surface area contributed by atoms with Crippen molar-refractivity contribution < 1.29 is 4.74 Å². The molecule has 5 nitrogen and oxygen atoms in total. The first-order valence-corrected chi connectivity index (χ1v) is 9.71. The number of nitrogens with one attached hydrogen (secondary N) is 1. The number of hydrogen-bond acceptors (Lipinski definition) is 4. The number of fused-ring (bicyclic) bond motifs is 1. The summed E-state index contributed by atoms with van der Waals surface area (Å²) in [5.41, 5.74) is 4.67. The molecule has 1 aliphatic rings. The van der Waals surface area contributed by atoms with Crippen LogP contribution in [0.1, 0.15) is 24.0 Å². The van der Waals surface area contributed by atoms with Gasteiger partial charge in [0.1, 0.15) is 17.3 Å². The minimum atomic E-state index is 0.638. The molecule has 4 rings (SSSR count). The van der Waals surface area contributed by atoms with Crippen LogP contribution in [0.3, 0.4) is 0 Å². The van der Waals surface area contributed by atoms with Crippen LogP contribution in [-0.4, -0.2) is 23.4 Å². The van der Waals surface area contributed by atoms with Crippen molar-refractivity contribution in [3.8, 4) is 28.8 Å². The third-order valence-electron chi connectivity index (χ3n) is 4.79. The molecule has 27 heavy (non-hydrogen) atoms. The van der Waals surface area contributed by atoms with Gasteiger partial charge in [-0.05, 0) is 61.7 Å². The zero-order chi connectivity index (χ0) is 18.8. The Bertz CT molecular complexity index is 1020. The van der Waals surface area contributed by atoms with Gasteiger partial charge >= 0.3 is 0 Å². The van der Waals surface area contributed by atoms with E-state index in [4.69, 9.17) is 15.1 Å². The lowest BCUT2D eigenvalue weighted by Crippen LogP contribution is -2.07. The number of benzene rings is 2. The zero-order valence-corrected chi connectivity index (χ0v) is 16.6. The molecule has 0 unspecified atom stereocenters. The van der Waals surface area contributed by atoms with Crippen LogP contribution in [-0.2, 0) is 6.42 Å². The van der Waals surface area contributed by atoms with Crippen molar-refractivity contribution in [2.75, 3.05) is 19.0 Å². The number of aromatic nitrogens is 2. The summed E-state index contributed by atoms with van der Waals surface area (Å²) in [6.07, 6.45) is 3.20. The van der Waals surface area contributed by atoms with Gasteiger partial charge in [-0.1, -0.05) is 15.9 Å². The van der Waals surface area contributed by atoms with Crippen LogP contribution in [0.15, 0.2) is 46.9 Å². The van der Waals surface area contributed by atoms with Crippen LogP contribution in [0.5, 0.6) is 5.75 Å². The second kappa shape index (κ2) is 7.45. The Labute approximate surface area is 166 Å². The molecule has 6 heteroatoms. The SMILES string of the molecule is COc1ccc(Br)cc1-c1nn(-c2ccc(C#N)cc2)c2c1CCCCN2. The Morgan fingerprint density at radius 1 is 1.19 bits per heavy atom. The Hall–Kier alpha value is -2.78. The number of rotatable bonds is 3. The highest BCUT2D eigenvalue weighted by Gasteiger charge is 2.23. The van der Waals surface area contributed by atoms with Gasteiger partial charge in [-0.3, -0.25) is 0 Å². The van der Waals surface area contributed by atoms with E-state index in [0.717, 1.165) is 58.8 Å². The third-order valence-corrected chi connectivity index (χ3v) is 5.28. The summed E-state index contributed by atoms with van der Waals surface area (Å²) in [5, 5.41) is 17.6. The quantitative estimate of drug-likeness (QED) is 0.649. The highest BCUT2D eigenvalue weighted by Crippen LogP contribution is 2.39. The van der Waals surface area contributed by atoms with Crippen LogP contribution >= 0.6 is 15.9 Å².